The molecule has 8 heteroatoms. The summed E-state index contributed by atoms with van der Waals surface area (Å²) in [5.41, 5.74) is 6.79. The van der Waals surface area contributed by atoms with Gasteiger partial charge in [-0.15, -0.1) is 12.4 Å². The summed E-state index contributed by atoms with van der Waals surface area (Å²) in [5, 5.41) is 11.9. The number of ether oxygens (including phenoxy) is 1. The number of nitro groups is 1. The van der Waals surface area contributed by atoms with Gasteiger partial charge in [0.2, 0.25) is 5.75 Å². The van der Waals surface area contributed by atoms with Crippen molar-refractivity contribution in [2.75, 3.05) is 19.6 Å². The average molecular weight is 412 g/mol. The van der Waals surface area contributed by atoms with Crippen LogP contribution in [0.5, 0.6) is 11.5 Å². The van der Waals surface area contributed by atoms with Gasteiger partial charge in [-0.25, -0.2) is 0 Å². The molecule has 2 aromatic carbocycles. The minimum Gasteiger partial charge on any atom is -0.449 e. The number of rotatable bonds is 6. The zero-order chi connectivity index (χ0) is 18.7. The lowest BCUT2D eigenvalue weighted by atomic mass is 9.90. The number of nitrogens with two attached hydrogens (primary N) is 1. The summed E-state index contributed by atoms with van der Waals surface area (Å²) in [6.45, 7) is 5.32. The van der Waals surface area contributed by atoms with Crippen molar-refractivity contribution < 1.29 is 9.66 Å². The van der Waals surface area contributed by atoms with Crippen LogP contribution in [0.25, 0.3) is 0 Å². The van der Waals surface area contributed by atoms with Crippen molar-refractivity contribution >= 4 is 29.7 Å². The maximum atomic E-state index is 11.5. The fourth-order valence-corrected chi connectivity index (χ4v) is 3.40. The van der Waals surface area contributed by atoms with Crippen LogP contribution in [0, 0.1) is 15.5 Å². The van der Waals surface area contributed by atoms with Crippen molar-refractivity contribution in [2.24, 2.45) is 11.1 Å². The Labute approximate surface area is 169 Å². The first-order valence-corrected chi connectivity index (χ1v) is 8.90. The molecule has 27 heavy (non-hydrogen) atoms. The quantitative estimate of drug-likeness (QED) is 0.553. The van der Waals surface area contributed by atoms with Crippen LogP contribution >= 0.6 is 24.0 Å². The van der Waals surface area contributed by atoms with Crippen LogP contribution in [0.3, 0.4) is 0 Å². The first kappa shape index (κ1) is 21.4. The molecule has 0 aromatic heterocycles. The molecular weight excluding hydrogens is 389 g/mol. The lowest BCUT2D eigenvalue weighted by Crippen LogP contribution is -2.31. The van der Waals surface area contributed by atoms with Crippen LogP contribution in [0.4, 0.5) is 5.69 Å². The fourth-order valence-electron chi connectivity index (χ4n) is 3.22. The van der Waals surface area contributed by atoms with Crippen LogP contribution < -0.4 is 10.5 Å². The lowest BCUT2D eigenvalue weighted by molar-refractivity contribution is -0.385. The smallest absolute Gasteiger partial charge is 0.311 e. The molecule has 0 radical (unpaired) electrons. The lowest BCUT2D eigenvalue weighted by Gasteiger charge is -2.22. The molecule has 2 N–H and O–H groups in total. The van der Waals surface area contributed by atoms with Crippen molar-refractivity contribution in [3.05, 3.63) is 63.2 Å². The molecule has 1 saturated heterocycles. The maximum absolute atomic E-state index is 11.5. The van der Waals surface area contributed by atoms with Gasteiger partial charge in [0.05, 0.1) is 9.95 Å². The van der Waals surface area contributed by atoms with Gasteiger partial charge in [-0.2, -0.15) is 0 Å². The predicted octanol–water partition coefficient (Wildman–Crippen LogP) is 4.63. The minimum atomic E-state index is -0.427. The second kappa shape index (κ2) is 8.89. The van der Waals surface area contributed by atoms with Crippen LogP contribution in [-0.2, 0) is 6.54 Å². The van der Waals surface area contributed by atoms with Crippen molar-refractivity contribution in [1.29, 1.82) is 0 Å². The molecule has 0 saturated carbocycles. The summed E-state index contributed by atoms with van der Waals surface area (Å²) >= 11 is 6.08. The van der Waals surface area contributed by atoms with E-state index in [-0.39, 0.29) is 29.3 Å². The van der Waals surface area contributed by atoms with Gasteiger partial charge in [0.1, 0.15) is 5.75 Å². The molecule has 1 aliphatic heterocycles. The van der Waals surface area contributed by atoms with Crippen molar-refractivity contribution in [3.8, 4) is 11.5 Å². The Morgan fingerprint density at radius 3 is 2.67 bits per heavy atom. The molecular formula is C19H23Cl2N3O3. The van der Waals surface area contributed by atoms with Gasteiger partial charge in [-0.3, -0.25) is 15.0 Å². The summed E-state index contributed by atoms with van der Waals surface area (Å²) in [6.07, 6.45) is 1.04. The van der Waals surface area contributed by atoms with Crippen LogP contribution in [-0.4, -0.2) is 29.5 Å². The zero-order valence-corrected chi connectivity index (χ0v) is 16.6. The van der Waals surface area contributed by atoms with E-state index < -0.39 is 4.92 Å². The Hall–Kier alpha value is -1.86. The second-order valence-corrected chi connectivity index (χ2v) is 7.47. The van der Waals surface area contributed by atoms with Gasteiger partial charge in [-0.1, -0.05) is 36.7 Å². The van der Waals surface area contributed by atoms with E-state index in [1.54, 1.807) is 36.4 Å². The Morgan fingerprint density at radius 1 is 1.30 bits per heavy atom. The minimum absolute atomic E-state index is 0. The number of benzene rings is 2. The molecule has 6 nitrogen and oxygen atoms in total. The van der Waals surface area contributed by atoms with Gasteiger partial charge in [-0.05, 0) is 48.7 Å². The Kier molecular flexibility index (Phi) is 7.06. The number of halogens is 2. The largest absolute Gasteiger partial charge is 0.449 e. The van der Waals surface area contributed by atoms with E-state index >= 15 is 0 Å². The standard InChI is InChI=1S/C19H22ClN3O3.ClH/c1-19(12-21)8-9-22(13-19)11-14-6-7-18(16(10-14)23(24)25)26-17-5-3-2-4-15(17)20;/h2-7,10H,8-9,11-13,21H2,1H3;1H. The van der Waals surface area contributed by atoms with Gasteiger partial charge in [0.25, 0.3) is 0 Å². The summed E-state index contributed by atoms with van der Waals surface area (Å²) in [6, 6.07) is 12.0. The third kappa shape index (κ3) is 5.11. The number of hydrogen-bond acceptors (Lipinski definition) is 5. The van der Waals surface area contributed by atoms with Crippen molar-refractivity contribution in [2.45, 2.75) is 19.9 Å². The fraction of sp³-hybridized carbons (Fsp3) is 0.368. The topological polar surface area (TPSA) is 81.6 Å². The molecule has 0 aliphatic carbocycles. The predicted molar refractivity (Wildman–Crippen MR) is 109 cm³/mol. The van der Waals surface area contributed by atoms with Gasteiger partial charge in [0.15, 0.2) is 0 Å². The molecule has 1 unspecified atom stereocenters. The van der Waals surface area contributed by atoms with E-state index in [0.717, 1.165) is 25.1 Å². The number of nitro benzene ring substituents is 1. The van der Waals surface area contributed by atoms with Crippen molar-refractivity contribution in [1.82, 2.24) is 4.90 Å². The normalized spacial score (nSPS) is 19.5. The number of likely N-dealkylation sites (tertiary alicyclic amines) is 1. The summed E-state index contributed by atoms with van der Waals surface area (Å²) in [5.74, 6) is 0.573. The Bertz CT molecular complexity index is 819. The first-order chi connectivity index (χ1) is 12.4. The molecule has 1 heterocycles. The molecule has 0 spiro atoms. The molecule has 1 atom stereocenters. The Balaban J connectivity index is 0.00000261. The first-order valence-electron chi connectivity index (χ1n) is 8.52. The molecule has 2 aromatic rings. The highest BCUT2D eigenvalue weighted by Crippen LogP contribution is 2.36. The molecule has 0 bridgehead atoms. The van der Waals surface area contributed by atoms with E-state index in [0.29, 0.717) is 23.9 Å². The van der Waals surface area contributed by atoms with Crippen LogP contribution in [0.15, 0.2) is 42.5 Å². The zero-order valence-electron chi connectivity index (χ0n) is 15.1. The highest BCUT2D eigenvalue weighted by Gasteiger charge is 2.32. The van der Waals surface area contributed by atoms with E-state index in [9.17, 15) is 10.1 Å². The maximum Gasteiger partial charge on any atom is 0.311 e. The summed E-state index contributed by atoms with van der Waals surface area (Å²) in [4.78, 5) is 13.3. The van der Waals surface area contributed by atoms with E-state index in [1.807, 2.05) is 6.07 Å². The Morgan fingerprint density at radius 2 is 2.04 bits per heavy atom. The number of para-hydroxylation sites is 1. The van der Waals surface area contributed by atoms with Gasteiger partial charge < -0.3 is 10.5 Å². The van der Waals surface area contributed by atoms with Crippen molar-refractivity contribution in [3.63, 3.8) is 0 Å². The third-order valence-electron chi connectivity index (χ3n) is 4.81. The monoisotopic (exact) mass is 411 g/mol. The van der Waals surface area contributed by atoms with E-state index in [4.69, 9.17) is 22.1 Å². The summed E-state index contributed by atoms with van der Waals surface area (Å²) in [7, 11) is 0. The molecule has 3 rings (SSSR count). The summed E-state index contributed by atoms with van der Waals surface area (Å²) < 4.78 is 5.67. The molecule has 1 fully saturated rings. The van der Waals surface area contributed by atoms with E-state index in [2.05, 4.69) is 11.8 Å². The third-order valence-corrected chi connectivity index (χ3v) is 5.12. The highest BCUT2D eigenvalue weighted by molar-refractivity contribution is 6.32. The SMILES string of the molecule is CC1(CN)CCN(Cc2ccc(Oc3ccccc3Cl)c([N+](=O)[O-])c2)C1.Cl. The van der Waals surface area contributed by atoms with Gasteiger partial charge in [0, 0.05) is 19.2 Å². The highest BCUT2D eigenvalue weighted by atomic mass is 35.5. The van der Waals surface area contributed by atoms with Crippen LogP contribution in [0.1, 0.15) is 18.9 Å². The van der Waals surface area contributed by atoms with Gasteiger partial charge >= 0.3 is 5.69 Å². The molecule has 0 amide bonds. The van der Waals surface area contributed by atoms with E-state index in [1.165, 1.54) is 0 Å². The molecule has 1 aliphatic rings. The number of nitrogens with zero attached hydrogens (tertiary/aromatic N) is 2. The van der Waals surface area contributed by atoms with Crippen LogP contribution in [0.2, 0.25) is 5.02 Å². The second-order valence-electron chi connectivity index (χ2n) is 7.07. The molecule has 146 valence electrons. The number of hydrogen-bond donors (Lipinski definition) is 1. The average Bonchev–Trinajstić information content (AvgIpc) is 2.99.